The minimum absolute atomic E-state index is 0.572. The molecule has 1 aromatic carbocycles. The van der Waals surface area contributed by atoms with Crippen molar-refractivity contribution in [2.75, 3.05) is 7.11 Å². The van der Waals surface area contributed by atoms with Gasteiger partial charge in [-0.15, -0.1) is 0 Å². The number of carboxylic acid groups (broad SMARTS) is 1. The highest BCUT2D eigenvalue weighted by atomic mass is 79.9. The van der Waals surface area contributed by atoms with Gasteiger partial charge in [-0.25, -0.2) is 0 Å². The molecule has 4 heteroatoms. The molecule has 3 nitrogen and oxygen atoms in total. The molecule has 1 rings (SSSR count). The van der Waals surface area contributed by atoms with Crippen molar-refractivity contribution >= 4 is 21.9 Å². The van der Waals surface area contributed by atoms with Gasteiger partial charge in [-0.2, -0.15) is 0 Å². The van der Waals surface area contributed by atoms with Gasteiger partial charge in [0.2, 0.25) is 0 Å². The number of halogens is 1. The van der Waals surface area contributed by atoms with Crippen LogP contribution in [0.3, 0.4) is 0 Å². The van der Waals surface area contributed by atoms with E-state index in [0.29, 0.717) is 11.3 Å². The molecule has 0 spiro atoms. The molecule has 0 aromatic heterocycles. The Morgan fingerprint density at radius 2 is 2.13 bits per heavy atom. The van der Waals surface area contributed by atoms with Crippen LogP contribution in [0.5, 0.6) is 5.75 Å². The van der Waals surface area contributed by atoms with Crippen LogP contribution in [-0.2, 0) is 4.79 Å². The van der Waals surface area contributed by atoms with E-state index in [9.17, 15) is 4.79 Å². The van der Waals surface area contributed by atoms with Crippen molar-refractivity contribution in [3.63, 3.8) is 0 Å². The Labute approximate surface area is 97.2 Å². The number of rotatable bonds is 3. The normalized spacial score (nSPS) is 12.3. The quantitative estimate of drug-likeness (QED) is 0.920. The molecule has 0 aliphatic rings. The zero-order valence-electron chi connectivity index (χ0n) is 8.87. The number of hydrogen-bond donors (Lipinski definition) is 1. The molecule has 0 aliphatic carbocycles. The number of benzene rings is 1. The monoisotopic (exact) mass is 272 g/mol. The van der Waals surface area contributed by atoms with Crippen LogP contribution in [0.15, 0.2) is 16.6 Å². The number of methoxy groups -OCH3 is 1. The van der Waals surface area contributed by atoms with Crippen LogP contribution in [0, 0.1) is 6.92 Å². The Bertz CT molecular complexity index is 388. The van der Waals surface area contributed by atoms with E-state index in [2.05, 4.69) is 15.9 Å². The standard InChI is InChI=1S/C11H13BrO3/c1-6-4-10(15-3)8(5-9(6)12)7(2)11(13)14/h4-5,7H,1-3H3,(H,13,14). The summed E-state index contributed by atoms with van der Waals surface area (Å²) in [4.78, 5) is 10.9. The first-order chi connectivity index (χ1) is 6.97. The van der Waals surface area contributed by atoms with Crippen LogP contribution in [0.2, 0.25) is 0 Å². The number of ether oxygens (including phenoxy) is 1. The predicted molar refractivity (Wildman–Crippen MR) is 61.5 cm³/mol. The molecule has 1 atom stereocenters. The van der Waals surface area contributed by atoms with Gasteiger partial charge in [-0.3, -0.25) is 4.79 Å². The van der Waals surface area contributed by atoms with Crippen molar-refractivity contribution in [1.29, 1.82) is 0 Å². The first-order valence-corrected chi connectivity index (χ1v) is 5.33. The van der Waals surface area contributed by atoms with E-state index < -0.39 is 11.9 Å². The fourth-order valence-electron chi connectivity index (χ4n) is 1.32. The second-order valence-corrected chi connectivity index (χ2v) is 4.26. The third-order valence-corrected chi connectivity index (χ3v) is 3.20. The maximum atomic E-state index is 10.9. The van der Waals surface area contributed by atoms with E-state index in [-0.39, 0.29) is 0 Å². The molecule has 1 aromatic rings. The summed E-state index contributed by atoms with van der Waals surface area (Å²) in [6.07, 6.45) is 0. The lowest BCUT2D eigenvalue weighted by atomic mass is 9.99. The van der Waals surface area contributed by atoms with Crippen molar-refractivity contribution in [2.45, 2.75) is 19.8 Å². The van der Waals surface area contributed by atoms with Gasteiger partial charge in [0, 0.05) is 10.0 Å². The molecular formula is C11H13BrO3. The number of carboxylic acids is 1. The smallest absolute Gasteiger partial charge is 0.310 e. The fourth-order valence-corrected chi connectivity index (χ4v) is 1.68. The lowest BCUT2D eigenvalue weighted by Crippen LogP contribution is -2.09. The van der Waals surface area contributed by atoms with Gasteiger partial charge in [0.15, 0.2) is 0 Å². The Hall–Kier alpha value is -1.03. The summed E-state index contributed by atoms with van der Waals surface area (Å²) in [5.74, 6) is -0.813. The Morgan fingerprint density at radius 1 is 1.53 bits per heavy atom. The van der Waals surface area contributed by atoms with Gasteiger partial charge < -0.3 is 9.84 Å². The van der Waals surface area contributed by atoms with E-state index >= 15 is 0 Å². The predicted octanol–water partition coefficient (Wildman–Crippen LogP) is 2.95. The van der Waals surface area contributed by atoms with Crippen LogP contribution in [0.1, 0.15) is 24.0 Å². The molecule has 0 radical (unpaired) electrons. The summed E-state index contributed by atoms with van der Waals surface area (Å²) in [5.41, 5.74) is 1.70. The molecule has 0 amide bonds. The summed E-state index contributed by atoms with van der Waals surface area (Å²) >= 11 is 3.38. The number of aliphatic carboxylic acids is 1. The van der Waals surface area contributed by atoms with E-state index in [4.69, 9.17) is 9.84 Å². The second kappa shape index (κ2) is 4.66. The molecule has 0 heterocycles. The van der Waals surface area contributed by atoms with Crippen LogP contribution < -0.4 is 4.74 Å². The van der Waals surface area contributed by atoms with Crippen LogP contribution in [-0.4, -0.2) is 18.2 Å². The summed E-state index contributed by atoms with van der Waals surface area (Å²) in [6.45, 7) is 3.57. The summed E-state index contributed by atoms with van der Waals surface area (Å²) in [5, 5.41) is 8.94. The molecule has 1 unspecified atom stereocenters. The zero-order chi connectivity index (χ0) is 11.6. The van der Waals surface area contributed by atoms with Crippen LogP contribution in [0.25, 0.3) is 0 Å². The third-order valence-electron chi connectivity index (χ3n) is 2.35. The van der Waals surface area contributed by atoms with Crippen molar-refractivity contribution in [3.8, 4) is 5.75 Å². The Morgan fingerprint density at radius 3 is 2.60 bits per heavy atom. The highest BCUT2D eigenvalue weighted by Gasteiger charge is 2.19. The summed E-state index contributed by atoms with van der Waals surface area (Å²) in [6, 6.07) is 3.63. The Balaban J connectivity index is 3.27. The number of hydrogen-bond acceptors (Lipinski definition) is 2. The highest BCUT2D eigenvalue weighted by molar-refractivity contribution is 9.10. The van der Waals surface area contributed by atoms with E-state index in [0.717, 1.165) is 10.0 Å². The molecule has 15 heavy (non-hydrogen) atoms. The number of carbonyl (C=O) groups is 1. The maximum Gasteiger partial charge on any atom is 0.310 e. The molecule has 0 fully saturated rings. The van der Waals surface area contributed by atoms with Gasteiger partial charge in [0.05, 0.1) is 13.0 Å². The minimum Gasteiger partial charge on any atom is -0.496 e. The zero-order valence-corrected chi connectivity index (χ0v) is 10.5. The van der Waals surface area contributed by atoms with Crippen molar-refractivity contribution < 1.29 is 14.6 Å². The summed E-state index contributed by atoms with van der Waals surface area (Å²) < 4.78 is 6.06. The summed E-state index contributed by atoms with van der Waals surface area (Å²) in [7, 11) is 1.54. The van der Waals surface area contributed by atoms with Crippen LogP contribution >= 0.6 is 15.9 Å². The maximum absolute atomic E-state index is 10.9. The first-order valence-electron chi connectivity index (χ1n) is 4.54. The lowest BCUT2D eigenvalue weighted by Gasteiger charge is -2.14. The minimum atomic E-state index is -0.857. The molecule has 0 bridgehead atoms. The largest absolute Gasteiger partial charge is 0.496 e. The lowest BCUT2D eigenvalue weighted by molar-refractivity contribution is -0.138. The van der Waals surface area contributed by atoms with Crippen LogP contribution in [0.4, 0.5) is 0 Å². The van der Waals surface area contributed by atoms with Gasteiger partial charge >= 0.3 is 5.97 Å². The van der Waals surface area contributed by atoms with Gasteiger partial charge in [-0.1, -0.05) is 15.9 Å². The van der Waals surface area contributed by atoms with Gasteiger partial charge in [0.1, 0.15) is 5.75 Å². The molecule has 0 aliphatic heterocycles. The molecule has 82 valence electrons. The molecule has 0 saturated carbocycles. The fraction of sp³-hybridized carbons (Fsp3) is 0.364. The SMILES string of the molecule is COc1cc(C)c(Br)cc1C(C)C(=O)O. The topological polar surface area (TPSA) is 46.5 Å². The molecular weight excluding hydrogens is 260 g/mol. The molecule has 0 saturated heterocycles. The van der Waals surface area contributed by atoms with Crippen molar-refractivity contribution in [2.24, 2.45) is 0 Å². The van der Waals surface area contributed by atoms with E-state index in [1.54, 1.807) is 20.1 Å². The van der Waals surface area contributed by atoms with Crippen molar-refractivity contribution in [1.82, 2.24) is 0 Å². The van der Waals surface area contributed by atoms with E-state index in [1.807, 2.05) is 13.0 Å². The van der Waals surface area contributed by atoms with Crippen molar-refractivity contribution in [3.05, 3.63) is 27.7 Å². The highest BCUT2D eigenvalue weighted by Crippen LogP contribution is 2.32. The van der Waals surface area contributed by atoms with E-state index in [1.165, 1.54) is 0 Å². The number of aryl methyl sites for hydroxylation is 1. The first kappa shape index (κ1) is 12.0. The average molecular weight is 273 g/mol. The third kappa shape index (κ3) is 2.50. The van der Waals surface area contributed by atoms with Gasteiger partial charge in [-0.05, 0) is 31.5 Å². The van der Waals surface area contributed by atoms with Gasteiger partial charge in [0.25, 0.3) is 0 Å². The second-order valence-electron chi connectivity index (χ2n) is 3.40. The molecule has 1 N–H and O–H groups in total. The average Bonchev–Trinajstić information content (AvgIpc) is 2.20. The Kier molecular flexibility index (Phi) is 3.74.